The standard InChI is InChI=1S/C12H16F3N/c1-9(16)3-2-4-10-5-7-11(8-6-10)12(13,14)15/h5-9H,2-4,16H2,1H3. The predicted molar refractivity (Wildman–Crippen MR) is 58.0 cm³/mol. The van der Waals surface area contributed by atoms with Crippen LogP contribution in [0.15, 0.2) is 24.3 Å². The second-order valence-electron chi connectivity index (χ2n) is 4.06. The number of aryl methyl sites for hydroxylation is 1. The molecule has 0 fully saturated rings. The van der Waals surface area contributed by atoms with E-state index >= 15 is 0 Å². The molecule has 0 spiro atoms. The summed E-state index contributed by atoms with van der Waals surface area (Å²) in [6.07, 6.45) is -1.67. The van der Waals surface area contributed by atoms with E-state index in [1.54, 1.807) is 0 Å². The molecule has 0 heterocycles. The van der Waals surface area contributed by atoms with E-state index in [9.17, 15) is 13.2 Å². The molecule has 0 amide bonds. The minimum absolute atomic E-state index is 0.148. The van der Waals surface area contributed by atoms with Gasteiger partial charge in [0, 0.05) is 6.04 Å². The maximum Gasteiger partial charge on any atom is 0.416 e. The quantitative estimate of drug-likeness (QED) is 0.844. The molecule has 1 rings (SSSR count). The van der Waals surface area contributed by atoms with Crippen molar-refractivity contribution in [2.75, 3.05) is 0 Å². The molecule has 0 aliphatic rings. The van der Waals surface area contributed by atoms with Crippen LogP contribution >= 0.6 is 0 Å². The predicted octanol–water partition coefficient (Wildman–Crippen LogP) is 3.38. The van der Waals surface area contributed by atoms with Crippen LogP contribution in [0.3, 0.4) is 0 Å². The maximum absolute atomic E-state index is 12.3. The first-order valence-electron chi connectivity index (χ1n) is 5.31. The van der Waals surface area contributed by atoms with Crippen molar-refractivity contribution in [3.8, 4) is 0 Å². The largest absolute Gasteiger partial charge is 0.416 e. The van der Waals surface area contributed by atoms with Crippen LogP contribution in [0.1, 0.15) is 30.9 Å². The van der Waals surface area contributed by atoms with E-state index in [4.69, 9.17) is 5.73 Å². The Kier molecular flexibility index (Phi) is 4.35. The molecule has 1 atom stereocenters. The Morgan fingerprint density at radius 2 is 1.75 bits per heavy atom. The van der Waals surface area contributed by atoms with Crippen LogP contribution in [0.5, 0.6) is 0 Å². The molecule has 1 nitrogen and oxygen atoms in total. The normalized spacial score (nSPS) is 13.8. The molecule has 0 aliphatic heterocycles. The highest BCUT2D eigenvalue weighted by Crippen LogP contribution is 2.29. The SMILES string of the molecule is CC(N)CCCc1ccc(C(F)(F)F)cc1. The van der Waals surface area contributed by atoms with Crippen molar-refractivity contribution >= 4 is 0 Å². The topological polar surface area (TPSA) is 26.0 Å². The Labute approximate surface area is 93.5 Å². The van der Waals surface area contributed by atoms with Gasteiger partial charge in [0.05, 0.1) is 5.56 Å². The fourth-order valence-corrected chi connectivity index (χ4v) is 1.49. The van der Waals surface area contributed by atoms with Gasteiger partial charge in [-0.05, 0) is 43.9 Å². The van der Waals surface area contributed by atoms with E-state index in [1.807, 2.05) is 6.92 Å². The van der Waals surface area contributed by atoms with E-state index < -0.39 is 11.7 Å². The molecule has 0 bridgehead atoms. The van der Waals surface area contributed by atoms with Crippen LogP contribution < -0.4 is 5.73 Å². The zero-order valence-electron chi connectivity index (χ0n) is 9.22. The summed E-state index contributed by atoms with van der Waals surface area (Å²) in [6.45, 7) is 1.92. The summed E-state index contributed by atoms with van der Waals surface area (Å²) >= 11 is 0. The highest BCUT2D eigenvalue weighted by Gasteiger charge is 2.29. The van der Waals surface area contributed by atoms with Gasteiger partial charge in [0.1, 0.15) is 0 Å². The van der Waals surface area contributed by atoms with Gasteiger partial charge in [-0.3, -0.25) is 0 Å². The van der Waals surface area contributed by atoms with Gasteiger partial charge in [0.25, 0.3) is 0 Å². The Morgan fingerprint density at radius 1 is 1.19 bits per heavy atom. The molecule has 1 aromatic carbocycles. The van der Waals surface area contributed by atoms with E-state index in [0.717, 1.165) is 37.0 Å². The zero-order chi connectivity index (χ0) is 12.2. The number of nitrogens with two attached hydrogens (primary N) is 1. The van der Waals surface area contributed by atoms with Crippen molar-refractivity contribution < 1.29 is 13.2 Å². The first kappa shape index (κ1) is 13.0. The number of hydrogen-bond donors (Lipinski definition) is 1. The summed E-state index contributed by atoms with van der Waals surface area (Å²) < 4.78 is 36.8. The van der Waals surface area contributed by atoms with E-state index in [2.05, 4.69) is 0 Å². The van der Waals surface area contributed by atoms with Gasteiger partial charge in [0.2, 0.25) is 0 Å². The summed E-state index contributed by atoms with van der Waals surface area (Å²) in [5, 5.41) is 0. The highest BCUT2D eigenvalue weighted by molar-refractivity contribution is 5.24. The van der Waals surface area contributed by atoms with E-state index in [0.29, 0.717) is 0 Å². The summed E-state index contributed by atoms with van der Waals surface area (Å²) in [5.74, 6) is 0. The van der Waals surface area contributed by atoms with Crippen molar-refractivity contribution in [1.29, 1.82) is 0 Å². The smallest absolute Gasteiger partial charge is 0.328 e. The molecule has 0 saturated carbocycles. The van der Waals surface area contributed by atoms with Crippen molar-refractivity contribution in [3.63, 3.8) is 0 Å². The van der Waals surface area contributed by atoms with Crippen LogP contribution in [0, 0.1) is 0 Å². The Morgan fingerprint density at radius 3 is 2.19 bits per heavy atom. The van der Waals surface area contributed by atoms with Gasteiger partial charge in [-0.25, -0.2) is 0 Å². The van der Waals surface area contributed by atoms with Gasteiger partial charge < -0.3 is 5.73 Å². The summed E-state index contributed by atoms with van der Waals surface area (Å²) in [5.41, 5.74) is 5.92. The minimum atomic E-state index is -4.25. The van der Waals surface area contributed by atoms with Crippen molar-refractivity contribution in [2.45, 2.75) is 38.4 Å². The third kappa shape index (κ3) is 4.23. The molecule has 16 heavy (non-hydrogen) atoms. The zero-order valence-corrected chi connectivity index (χ0v) is 9.22. The van der Waals surface area contributed by atoms with Gasteiger partial charge in [-0.1, -0.05) is 12.1 Å². The third-order valence-electron chi connectivity index (χ3n) is 2.41. The lowest BCUT2D eigenvalue weighted by molar-refractivity contribution is -0.137. The Hall–Kier alpha value is -1.03. The third-order valence-corrected chi connectivity index (χ3v) is 2.41. The molecular weight excluding hydrogens is 215 g/mol. The summed E-state index contributed by atoms with van der Waals surface area (Å²) in [6, 6.07) is 5.46. The fraction of sp³-hybridized carbons (Fsp3) is 0.500. The van der Waals surface area contributed by atoms with Crippen LogP contribution in [0.2, 0.25) is 0 Å². The van der Waals surface area contributed by atoms with Crippen molar-refractivity contribution in [1.82, 2.24) is 0 Å². The molecule has 0 aliphatic carbocycles. The molecule has 90 valence electrons. The number of alkyl halides is 3. The lowest BCUT2D eigenvalue weighted by Crippen LogP contribution is -2.14. The molecule has 2 N–H and O–H groups in total. The molecule has 0 radical (unpaired) electrons. The number of halogens is 3. The number of benzene rings is 1. The van der Waals surface area contributed by atoms with Crippen LogP contribution in [-0.4, -0.2) is 6.04 Å². The molecule has 0 aromatic heterocycles. The molecule has 4 heteroatoms. The van der Waals surface area contributed by atoms with Crippen LogP contribution in [0.25, 0.3) is 0 Å². The second kappa shape index (κ2) is 5.34. The van der Waals surface area contributed by atoms with Gasteiger partial charge in [-0.15, -0.1) is 0 Å². The lowest BCUT2D eigenvalue weighted by Gasteiger charge is -2.08. The molecular formula is C12H16F3N. The average Bonchev–Trinajstić information content (AvgIpc) is 2.16. The van der Waals surface area contributed by atoms with E-state index in [1.165, 1.54) is 12.1 Å². The van der Waals surface area contributed by atoms with Gasteiger partial charge in [-0.2, -0.15) is 13.2 Å². The fourth-order valence-electron chi connectivity index (χ4n) is 1.49. The van der Waals surface area contributed by atoms with Gasteiger partial charge in [0.15, 0.2) is 0 Å². The lowest BCUT2D eigenvalue weighted by atomic mass is 10.0. The molecule has 0 saturated heterocycles. The number of rotatable bonds is 4. The Bertz CT molecular complexity index is 314. The van der Waals surface area contributed by atoms with Crippen LogP contribution in [0.4, 0.5) is 13.2 Å². The van der Waals surface area contributed by atoms with Gasteiger partial charge >= 0.3 is 6.18 Å². The van der Waals surface area contributed by atoms with Crippen molar-refractivity contribution in [3.05, 3.63) is 35.4 Å². The maximum atomic E-state index is 12.3. The first-order chi connectivity index (χ1) is 7.39. The first-order valence-corrected chi connectivity index (χ1v) is 5.31. The average molecular weight is 231 g/mol. The van der Waals surface area contributed by atoms with Crippen LogP contribution in [-0.2, 0) is 12.6 Å². The minimum Gasteiger partial charge on any atom is -0.328 e. The van der Waals surface area contributed by atoms with E-state index in [-0.39, 0.29) is 6.04 Å². The highest BCUT2D eigenvalue weighted by atomic mass is 19.4. The molecule has 1 aromatic rings. The monoisotopic (exact) mass is 231 g/mol. The summed E-state index contributed by atoms with van der Waals surface area (Å²) in [4.78, 5) is 0. The van der Waals surface area contributed by atoms with Crippen molar-refractivity contribution in [2.24, 2.45) is 5.73 Å². The summed E-state index contributed by atoms with van der Waals surface area (Å²) in [7, 11) is 0. The molecule has 1 unspecified atom stereocenters. The second-order valence-corrected chi connectivity index (χ2v) is 4.06. The Balaban J connectivity index is 2.52. The number of hydrogen-bond acceptors (Lipinski definition) is 1.